The molecule has 0 spiro atoms. The molecule has 0 aliphatic heterocycles. The average Bonchev–Trinajstić information content (AvgIpc) is 4.04. The predicted molar refractivity (Wildman–Crippen MR) is 196 cm³/mol. The van der Waals surface area contributed by atoms with E-state index in [0.717, 1.165) is 49.3 Å². The summed E-state index contributed by atoms with van der Waals surface area (Å²) in [6.07, 6.45) is 6.16. The Morgan fingerprint density at radius 2 is 0.705 bits per heavy atom. The molecule has 8 aromatic heterocycles. The van der Waals surface area contributed by atoms with Gasteiger partial charge in [-0.05, 0) is 24.3 Å². The normalized spacial score (nSPS) is 12.0. The zero-order valence-electron chi connectivity index (χ0n) is 29.5. The minimum atomic E-state index is -4.55. The summed E-state index contributed by atoms with van der Waals surface area (Å²) in [5.74, 6) is -0.435. The maximum absolute atomic E-state index is 11.4. The van der Waals surface area contributed by atoms with Gasteiger partial charge in [0.05, 0.1) is 0 Å². The molecule has 0 saturated heterocycles. The van der Waals surface area contributed by atoms with Gasteiger partial charge in [0, 0.05) is 36.7 Å². The van der Waals surface area contributed by atoms with E-state index in [9.17, 15) is 42.8 Å². The molecule has 316 valence electrons. The second-order valence-corrected chi connectivity index (χ2v) is 17.3. The molecule has 0 radical (unpaired) electrons. The Balaban J connectivity index is 0.000000201. The number of hydrogen-bond acceptors (Lipinski definition) is 20. The van der Waals surface area contributed by atoms with Crippen LogP contribution in [0, 0.1) is 0 Å². The number of nitrogens with zero attached hydrogens (tertiary/aromatic N) is 8. The zero-order valence-corrected chi connectivity index (χ0v) is 35.0. The van der Waals surface area contributed by atoms with Crippen molar-refractivity contribution in [2.75, 3.05) is 0 Å². The summed E-state index contributed by atoms with van der Waals surface area (Å²) in [4.78, 5) is 14.6. The Kier molecular flexibility index (Phi) is 12.4. The Morgan fingerprint density at radius 3 is 0.951 bits per heavy atom. The molecule has 0 amide bonds. The molecular formula is C32H20N8O16PtS4+2. The van der Waals surface area contributed by atoms with E-state index >= 15 is 0 Å². The maximum Gasteiger partial charge on any atom is 2.00 e. The van der Waals surface area contributed by atoms with E-state index in [4.69, 9.17) is 26.8 Å². The quantitative estimate of drug-likeness (QED) is 0.141. The van der Waals surface area contributed by atoms with Gasteiger partial charge in [0.1, 0.15) is 67.4 Å². The molecule has 8 aromatic rings. The minimum Gasteiger partial charge on any atom is -0.461 e. The van der Waals surface area contributed by atoms with Gasteiger partial charge in [-0.25, -0.2) is 9.97 Å². The SMILES string of the molecule is O=S(=O)(O)c1coc(-c2nnc(-c3ccccn3)nc2-c2cc(S(=O)(=O)O)co2)c1.O=S(=O)(O)c1coc(-c2nnc(-c3ccccn3)nc2-c2cc(S(=O)(=O)O)co2)c1.[Pt+2]. The van der Waals surface area contributed by atoms with Gasteiger partial charge in [0.25, 0.3) is 40.5 Å². The van der Waals surface area contributed by atoms with E-state index in [1.54, 1.807) is 36.4 Å². The van der Waals surface area contributed by atoms with E-state index in [-0.39, 0.29) is 78.5 Å². The fraction of sp³-hybridized carbons (Fsp3) is 0. The third kappa shape index (κ3) is 10.0. The van der Waals surface area contributed by atoms with Gasteiger partial charge in [0.2, 0.25) is 11.6 Å². The molecule has 0 saturated carbocycles. The van der Waals surface area contributed by atoms with Crippen molar-refractivity contribution in [2.24, 2.45) is 0 Å². The number of rotatable bonds is 10. The molecule has 0 aromatic carbocycles. The van der Waals surface area contributed by atoms with E-state index in [0.29, 0.717) is 11.4 Å². The van der Waals surface area contributed by atoms with Crippen LogP contribution in [0.15, 0.2) is 135 Å². The van der Waals surface area contributed by atoms with Crippen LogP contribution in [0.25, 0.3) is 68.9 Å². The van der Waals surface area contributed by atoms with Crippen LogP contribution in [-0.4, -0.2) is 92.2 Å². The number of furan rings is 4. The van der Waals surface area contributed by atoms with Crippen LogP contribution in [0.3, 0.4) is 0 Å². The summed E-state index contributed by atoms with van der Waals surface area (Å²) >= 11 is 0. The first-order chi connectivity index (χ1) is 28.3. The van der Waals surface area contributed by atoms with Crippen molar-refractivity contribution in [2.45, 2.75) is 19.6 Å². The summed E-state index contributed by atoms with van der Waals surface area (Å²) in [6, 6.07) is 13.9. The van der Waals surface area contributed by atoms with Crippen molar-refractivity contribution in [3.05, 3.63) is 98.1 Å². The first-order valence-corrected chi connectivity index (χ1v) is 21.6. The standard InChI is InChI=1S/2C16H10N4O8S2.Pt/c2*21-29(22,23)9-5-12(27-7-9)14-15(13-6-10(8-28-13)30(24,25)26)19-20-16(18-14)11-3-1-2-4-17-11;/h2*1-8H,(H,21,22,23)(H,24,25,26);/q;;+2. The molecule has 4 N–H and O–H groups in total. The topological polar surface area (TPSA) is 373 Å². The average molecular weight is 1100 g/mol. The van der Waals surface area contributed by atoms with Gasteiger partial charge >= 0.3 is 21.1 Å². The monoisotopic (exact) mass is 1090 g/mol. The second-order valence-electron chi connectivity index (χ2n) is 11.6. The number of aromatic nitrogens is 8. The summed E-state index contributed by atoms with van der Waals surface area (Å²) < 4.78 is 148. The molecule has 24 nitrogen and oxygen atoms in total. The molecule has 0 bridgehead atoms. The van der Waals surface area contributed by atoms with Crippen molar-refractivity contribution in [1.82, 2.24) is 40.3 Å². The summed E-state index contributed by atoms with van der Waals surface area (Å²) in [5, 5.41) is 15.8. The van der Waals surface area contributed by atoms with Crippen LogP contribution in [0.1, 0.15) is 0 Å². The summed E-state index contributed by atoms with van der Waals surface area (Å²) in [6.45, 7) is 0. The van der Waals surface area contributed by atoms with Gasteiger partial charge < -0.3 is 17.7 Å². The third-order valence-corrected chi connectivity index (χ3v) is 10.8. The van der Waals surface area contributed by atoms with Gasteiger partial charge in [-0.3, -0.25) is 28.2 Å². The molecule has 8 heterocycles. The summed E-state index contributed by atoms with van der Waals surface area (Å²) in [7, 11) is -18.2. The molecule has 0 unspecified atom stereocenters. The Hall–Kier alpha value is -6.23. The molecule has 0 aliphatic rings. The smallest absolute Gasteiger partial charge is 0.461 e. The van der Waals surface area contributed by atoms with Gasteiger partial charge in [-0.2, -0.15) is 33.7 Å². The molecule has 0 atom stereocenters. The number of pyridine rings is 2. The van der Waals surface area contributed by atoms with Gasteiger partial charge in [-0.1, -0.05) is 12.1 Å². The zero-order chi connectivity index (χ0) is 43.0. The first-order valence-electron chi connectivity index (χ1n) is 15.8. The van der Waals surface area contributed by atoms with Crippen LogP contribution in [-0.2, 0) is 61.5 Å². The summed E-state index contributed by atoms with van der Waals surface area (Å²) in [5.41, 5.74) is 0.324. The predicted octanol–water partition coefficient (Wildman–Crippen LogP) is 3.89. The van der Waals surface area contributed by atoms with Crippen molar-refractivity contribution < 1.29 is 90.6 Å². The van der Waals surface area contributed by atoms with Crippen LogP contribution < -0.4 is 0 Å². The fourth-order valence-electron chi connectivity index (χ4n) is 4.85. The van der Waals surface area contributed by atoms with Gasteiger partial charge in [0.15, 0.2) is 34.4 Å². The van der Waals surface area contributed by atoms with Crippen molar-refractivity contribution in [1.29, 1.82) is 0 Å². The van der Waals surface area contributed by atoms with Crippen molar-refractivity contribution in [3.8, 4) is 68.9 Å². The van der Waals surface area contributed by atoms with Crippen LogP contribution >= 0.6 is 0 Å². The Labute approximate surface area is 356 Å². The van der Waals surface area contributed by atoms with Crippen LogP contribution in [0.4, 0.5) is 0 Å². The van der Waals surface area contributed by atoms with Crippen LogP contribution in [0.5, 0.6) is 0 Å². The Bertz CT molecular complexity index is 3120. The minimum absolute atomic E-state index is 0. The molecule has 0 fully saturated rings. The third-order valence-electron chi connectivity index (χ3n) is 7.59. The van der Waals surface area contributed by atoms with E-state index in [1.165, 1.54) is 12.4 Å². The fourth-order valence-corrected chi connectivity index (χ4v) is 6.55. The van der Waals surface area contributed by atoms with Crippen LogP contribution in [0.2, 0.25) is 0 Å². The Morgan fingerprint density at radius 1 is 0.410 bits per heavy atom. The molecule has 29 heteroatoms. The van der Waals surface area contributed by atoms with Crippen molar-refractivity contribution >= 4 is 40.5 Å². The second kappa shape index (κ2) is 17.0. The van der Waals surface area contributed by atoms with E-state index < -0.39 is 60.1 Å². The first kappa shape index (κ1) is 44.3. The molecule has 0 aliphatic carbocycles. The maximum atomic E-state index is 11.4. The van der Waals surface area contributed by atoms with Gasteiger partial charge in [-0.15, -0.1) is 20.4 Å². The van der Waals surface area contributed by atoms with E-state index in [1.807, 2.05) is 0 Å². The largest absolute Gasteiger partial charge is 2.00 e. The molecule has 8 rings (SSSR count). The van der Waals surface area contributed by atoms with E-state index in [2.05, 4.69) is 40.3 Å². The number of hydrogen-bond donors (Lipinski definition) is 4. The molecular weight excluding hydrogens is 1080 g/mol. The van der Waals surface area contributed by atoms with Crippen molar-refractivity contribution in [3.63, 3.8) is 0 Å². The molecule has 61 heavy (non-hydrogen) atoms.